The number of aryl methyl sites for hydroxylation is 1. The molecule has 0 heterocycles. The van der Waals surface area contributed by atoms with E-state index < -0.39 is 0 Å². The van der Waals surface area contributed by atoms with Crippen LogP contribution in [0.15, 0.2) is 36.4 Å². The summed E-state index contributed by atoms with van der Waals surface area (Å²) >= 11 is 0. The van der Waals surface area contributed by atoms with Gasteiger partial charge in [-0.2, -0.15) is 0 Å². The maximum atomic E-state index is 15.2. The Morgan fingerprint density at radius 1 is 0.581 bits per heavy atom. The Morgan fingerprint density at radius 2 is 1.13 bits per heavy atom. The highest BCUT2D eigenvalue weighted by Gasteiger charge is 2.14. The topological polar surface area (TPSA) is 9.23 Å². The number of rotatable bonds is 13. The molecular weight excluding hydrogens is 390 g/mol. The summed E-state index contributed by atoms with van der Waals surface area (Å²) in [6, 6.07) is 10.7. The van der Waals surface area contributed by atoms with Gasteiger partial charge in [-0.1, -0.05) is 89.5 Å². The Bertz CT molecular complexity index is 980. The minimum Gasteiger partial charge on any atom is -0.490 e. The quantitative estimate of drug-likeness (QED) is 0.195. The van der Waals surface area contributed by atoms with Gasteiger partial charge in [0.1, 0.15) is 5.82 Å². The monoisotopic (exact) mass is 426 g/mol. The lowest BCUT2D eigenvalue weighted by Gasteiger charge is -2.12. The van der Waals surface area contributed by atoms with Gasteiger partial charge in [0.2, 0.25) is 0 Å². The molecule has 0 atom stereocenters. The third kappa shape index (κ3) is 5.96. The minimum absolute atomic E-state index is 0.161. The molecule has 168 valence electrons. The van der Waals surface area contributed by atoms with Crippen LogP contribution in [0.5, 0.6) is 5.75 Å². The van der Waals surface area contributed by atoms with Crippen molar-refractivity contribution in [2.45, 2.75) is 84.5 Å². The summed E-state index contributed by atoms with van der Waals surface area (Å²) in [6.07, 6.45) is 12.6. The molecule has 0 aliphatic carbocycles. The predicted octanol–water partition coefficient (Wildman–Crippen LogP) is 9.13. The van der Waals surface area contributed by atoms with Crippen LogP contribution < -0.4 is 4.74 Å². The highest BCUT2D eigenvalue weighted by atomic mass is 19.1. The second-order valence-corrected chi connectivity index (χ2v) is 8.60. The lowest BCUT2D eigenvalue weighted by atomic mass is 9.96. The summed E-state index contributed by atoms with van der Waals surface area (Å²) < 4.78 is 35.7. The van der Waals surface area contributed by atoms with Crippen LogP contribution in [0, 0.1) is 11.6 Å². The molecular formula is C28H36F2O. The van der Waals surface area contributed by atoms with E-state index in [2.05, 4.69) is 13.8 Å². The highest BCUT2D eigenvalue weighted by Crippen LogP contribution is 2.34. The van der Waals surface area contributed by atoms with Gasteiger partial charge in [0.25, 0.3) is 0 Å². The van der Waals surface area contributed by atoms with Crippen molar-refractivity contribution in [3.63, 3.8) is 0 Å². The largest absolute Gasteiger partial charge is 0.490 e. The number of fused-ring (bicyclic) bond motifs is 3. The highest BCUT2D eigenvalue weighted by molar-refractivity contribution is 6.08. The van der Waals surface area contributed by atoms with Crippen molar-refractivity contribution >= 4 is 21.5 Å². The fourth-order valence-corrected chi connectivity index (χ4v) is 4.25. The Kier molecular flexibility index (Phi) is 9.12. The molecule has 3 aromatic carbocycles. The summed E-state index contributed by atoms with van der Waals surface area (Å²) in [5.41, 5.74) is 0.762. The molecule has 3 heteroatoms. The summed E-state index contributed by atoms with van der Waals surface area (Å²) in [7, 11) is 0. The average molecular weight is 427 g/mol. The SMILES string of the molecule is CCCCCCCCCCc1ccc2c(ccc3c(F)c(OCCCC)ccc32)c1F. The van der Waals surface area contributed by atoms with Crippen LogP contribution in [0.2, 0.25) is 0 Å². The molecule has 0 aromatic heterocycles. The van der Waals surface area contributed by atoms with E-state index in [0.717, 1.165) is 48.4 Å². The molecule has 0 saturated heterocycles. The average Bonchev–Trinajstić information content (AvgIpc) is 2.78. The fraction of sp³-hybridized carbons (Fsp3) is 0.500. The maximum Gasteiger partial charge on any atom is 0.172 e. The van der Waals surface area contributed by atoms with Crippen molar-refractivity contribution in [3.05, 3.63) is 53.6 Å². The fourth-order valence-electron chi connectivity index (χ4n) is 4.25. The Balaban J connectivity index is 1.69. The first-order valence-electron chi connectivity index (χ1n) is 12.1. The van der Waals surface area contributed by atoms with E-state index in [4.69, 9.17) is 4.74 Å². The minimum atomic E-state index is -0.362. The van der Waals surface area contributed by atoms with Crippen LogP contribution in [-0.4, -0.2) is 6.61 Å². The van der Waals surface area contributed by atoms with Crippen molar-refractivity contribution in [2.24, 2.45) is 0 Å². The van der Waals surface area contributed by atoms with E-state index >= 15 is 4.39 Å². The first-order valence-corrected chi connectivity index (χ1v) is 12.1. The van der Waals surface area contributed by atoms with Gasteiger partial charge in [0.15, 0.2) is 11.6 Å². The number of ether oxygens (including phenoxy) is 1. The molecule has 3 rings (SSSR count). The van der Waals surface area contributed by atoms with Gasteiger partial charge in [0.05, 0.1) is 6.61 Å². The van der Waals surface area contributed by atoms with Gasteiger partial charge >= 0.3 is 0 Å². The van der Waals surface area contributed by atoms with Crippen molar-refractivity contribution in [3.8, 4) is 5.75 Å². The van der Waals surface area contributed by atoms with Crippen molar-refractivity contribution < 1.29 is 13.5 Å². The smallest absolute Gasteiger partial charge is 0.172 e. The van der Waals surface area contributed by atoms with Gasteiger partial charge in [-0.05, 0) is 47.7 Å². The Morgan fingerprint density at radius 3 is 1.81 bits per heavy atom. The van der Waals surface area contributed by atoms with Gasteiger partial charge < -0.3 is 4.74 Å². The van der Waals surface area contributed by atoms with Gasteiger partial charge in [0, 0.05) is 10.8 Å². The summed E-state index contributed by atoms with van der Waals surface area (Å²) in [6.45, 7) is 4.81. The van der Waals surface area contributed by atoms with Gasteiger partial charge in [-0.25, -0.2) is 8.78 Å². The maximum absolute atomic E-state index is 15.2. The van der Waals surface area contributed by atoms with E-state index in [9.17, 15) is 4.39 Å². The lowest BCUT2D eigenvalue weighted by molar-refractivity contribution is 0.295. The number of halogens is 2. The van der Waals surface area contributed by atoms with E-state index in [1.807, 2.05) is 18.2 Å². The van der Waals surface area contributed by atoms with Crippen molar-refractivity contribution in [2.75, 3.05) is 6.61 Å². The Labute approximate surface area is 185 Å². The van der Waals surface area contributed by atoms with Crippen LogP contribution in [0.1, 0.15) is 83.6 Å². The zero-order chi connectivity index (χ0) is 22.1. The standard InChI is InChI=1S/C28H36F2O/c1-3-5-7-8-9-10-11-12-13-21-14-15-22-23-18-19-26(31-20-6-4-2)28(30)25(23)17-16-24(22)27(21)29/h14-19H,3-13,20H2,1-2H3. The molecule has 0 unspecified atom stereocenters. The number of unbranched alkanes of at least 4 members (excludes halogenated alkanes) is 8. The van der Waals surface area contributed by atoms with Crippen LogP contribution >= 0.6 is 0 Å². The lowest BCUT2D eigenvalue weighted by Crippen LogP contribution is -1.99. The van der Waals surface area contributed by atoms with Crippen molar-refractivity contribution in [1.29, 1.82) is 0 Å². The molecule has 3 aromatic rings. The predicted molar refractivity (Wildman–Crippen MR) is 128 cm³/mol. The summed E-state index contributed by atoms with van der Waals surface area (Å²) in [5.74, 6) is -0.253. The third-order valence-corrected chi connectivity index (χ3v) is 6.17. The van der Waals surface area contributed by atoms with E-state index in [1.165, 1.54) is 38.5 Å². The van der Waals surface area contributed by atoms with Gasteiger partial charge in [-0.3, -0.25) is 0 Å². The molecule has 1 nitrogen and oxygen atoms in total. The molecule has 31 heavy (non-hydrogen) atoms. The molecule has 0 radical (unpaired) electrons. The number of hydrogen-bond donors (Lipinski definition) is 0. The normalized spacial score (nSPS) is 11.5. The second kappa shape index (κ2) is 12.0. The molecule has 0 aliphatic heterocycles. The number of hydrogen-bond acceptors (Lipinski definition) is 1. The van der Waals surface area contributed by atoms with E-state index in [1.54, 1.807) is 18.2 Å². The summed E-state index contributed by atoms with van der Waals surface area (Å²) in [5, 5.41) is 2.55. The van der Waals surface area contributed by atoms with E-state index in [-0.39, 0.29) is 17.4 Å². The molecule has 0 bridgehead atoms. The number of benzene rings is 3. The first-order chi connectivity index (χ1) is 15.2. The molecule has 0 saturated carbocycles. The second-order valence-electron chi connectivity index (χ2n) is 8.60. The van der Waals surface area contributed by atoms with Crippen molar-refractivity contribution in [1.82, 2.24) is 0 Å². The first kappa shape index (κ1) is 23.5. The molecule has 0 N–H and O–H groups in total. The van der Waals surface area contributed by atoms with Crippen LogP contribution in [-0.2, 0) is 6.42 Å². The Hall–Kier alpha value is -2.16. The zero-order valence-electron chi connectivity index (χ0n) is 19.1. The summed E-state index contributed by atoms with van der Waals surface area (Å²) in [4.78, 5) is 0. The molecule has 0 aliphatic rings. The van der Waals surface area contributed by atoms with Crippen LogP contribution in [0.4, 0.5) is 8.78 Å². The van der Waals surface area contributed by atoms with E-state index in [0.29, 0.717) is 17.4 Å². The molecule has 0 fully saturated rings. The van der Waals surface area contributed by atoms with Crippen LogP contribution in [0.3, 0.4) is 0 Å². The van der Waals surface area contributed by atoms with Gasteiger partial charge in [-0.15, -0.1) is 0 Å². The molecule has 0 spiro atoms. The third-order valence-electron chi connectivity index (χ3n) is 6.17. The zero-order valence-corrected chi connectivity index (χ0v) is 19.1. The molecule has 0 amide bonds. The van der Waals surface area contributed by atoms with Crippen LogP contribution in [0.25, 0.3) is 21.5 Å².